The Bertz CT molecular complexity index is 463. The van der Waals surface area contributed by atoms with Gasteiger partial charge in [-0.1, -0.05) is 0 Å². The van der Waals surface area contributed by atoms with Gasteiger partial charge in [0.1, 0.15) is 5.82 Å². The van der Waals surface area contributed by atoms with Crippen molar-refractivity contribution in [3.05, 3.63) is 18.1 Å². The zero-order valence-electron chi connectivity index (χ0n) is 12.0. The third kappa shape index (κ3) is 3.23. The number of carbonyl (C=O) groups excluding carboxylic acids is 1. The fraction of sp³-hybridized carbons (Fsp3) is 0.615. The van der Waals surface area contributed by atoms with Gasteiger partial charge >= 0.3 is 5.97 Å². The van der Waals surface area contributed by atoms with E-state index in [0.29, 0.717) is 18.8 Å². The molecule has 2 unspecified atom stereocenters. The molecule has 20 heavy (non-hydrogen) atoms. The van der Waals surface area contributed by atoms with Gasteiger partial charge in [0, 0.05) is 19.1 Å². The van der Waals surface area contributed by atoms with Gasteiger partial charge < -0.3 is 19.6 Å². The second-order valence-corrected chi connectivity index (χ2v) is 5.21. The number of β-amino-alcohol motifs (C(OH)–C–C–N with tert-alkyl or cyclic N) is 1. The summed E-state index contributed by atoms with van der Waals surface area (Å²) in [7, 11) is 5.30. The maximum Gasteiger partial charge on any atom is 0.358 e. The Hall–Kier alpha value is -1.73. The Morgan fingerprint density at radius 1 is 1.50 bits per heavy atom. The van der Waals surface area contributed by atoms with Gasteiger partial charge in [0.25, 0.3) is 0 Å². The largest absolute Gasteiger partial charge is 0.464 e. The quantitative estimate of drug-likeness (QED) is 0.763. The van der Waals surface area contributed by atoms with Crippen molar-refractivity contribution in [2.75, 3.05) is 39.2 Å². The van der Waals surface area contributed by atoms with Crippen molar-refractivity contribution in [1.82, 2.24) is 14.9 Å². The lowest BCUT2D eigenvalue weighted by atomic mass is 10.2. The Labute approximate surface area is 118 Å². The van der Waals surface area contributed by atoms with Crippen molar-refractivity contribution in [2.45, 2.75) is 18.6 Å². The number of ether oxygens (including phenoxy) is 1. The van der Waals surface area contributed by atoms with Gasteiger partial charge in [0.15, 0.2) is 5.69 Å². The van der Waals surface area contributed by atoms with Crippen LogP contribution in [-0.4, -0.2) is 72.4 Å². The minimum Gasteiger partial charge on any atom is -0.464 e. The zero-order valence-corrected chi connectivity index (χ0v) is 12.0. The van der Waals surface area contributed by atoms with Crippen LogP contribution in [0.2, 0.25) is 0 Å². The van der Waals surface area contributed by atoms with E-state index in [2.05, 4.69) is 19.6 Å². The number of anilines is 1. The second-order valence-electron chi connectivity index (χ2n) is 5.21. The number of rotatable bonds is 4. The fourth-order valence-corrected chi connectivity index (χ4v) is 2.45. The van der Waals surface area contributed by atoms with Crippen LogP contribution in [0.1, 0.15) is 16.9 Å². The molecule has 1 aromatic rings. The molecule has 0 radical (unpaired) electrons. The van der Waals surface area contributed by atoms with Gasteiger partial charge in [0.2, 0.25) is 0 Å². The Morgan fingerprint density at radius 2 is 2.25 bits per heavy atom. The molecule has 2 heterocycles. The van der Waals surface area contributed by atoms with E-state index in [-0.39, 0.29) is 17.8 Å². The number of aliphatic hydroxyl groups excluding tert-OH is 1. The molecule has 1 fully saturated rings. The number of hydrogen-bond donors (Lipinski definition) is 1. The highest BCUT2D eigenvalue weighted by Gasteiger charge is 2.32. The van der Waals surface area contributed by atoms with Gasteiger partial charge in [-0.25, -0.2) is 14.8 Å². The molecule has 7 nitrogen and oxygen atoms in total. The lowest BCUT2D eigenvalue weighted by Crippen LogP contribution is -2.38. The number of methoxy groups -OCH3 is 1. The first-order chi connectivity index (χ1) is 9.51. The van der Waals surface area contributed by atoms with E-state index in [1.807, 2.05) is 19.0 Å². The van der Waals surface area contributed by atoms with E-state index in [1.54, 1.807) is 6.20 Å². The average molecular weight is 280 g/mol. The molecule has 2 rings (SSSR count). The van der Waals surface area contributed by atoms with E-state index in [1.165, 1.54) is 13.3 Å². The predicted molar refractivity (Wildman–Crippen MR) is 73.7 cm³/mol. The SMILES string of the molecule is COC(=O)c1cnc(N2CC(O)CC2CN(C)C)cn1. The first-order valence-corrected chi connectivity index (χ1v) is 6.51. The van der Waals surface area contributed by atoms with Gasteiger partial charge in [-0.2, -0.15) is 0 Å². The summed E-state index contributed by atoms with van der Waals surface area (Å²) < 4.78 is 4.59. The van der Waals surface area contributed by atoms with Crippen molar-refractivity contribution in [3.63, 3.8) is 0 Å². The van der Waals surface area contributed by atoms with E-state index in [9.17, 15) is 9.90 Å². The summed E-state index contributed by atoms with van der Waals surface area (Å²) in [5, 5.41) is 9.84. The molecule has 1 N–H and O–H groups in total. The van der Waals surface area contributed by atoms with Crippen molar-refractivity contribution >= 4 is 11.8 Å². The molecule has 110 valence electrons. The summed E-state index contributed by atoms with van der Waals surface area (Å²) in [5.41, 5.74) is 0.181. The molecule has 0 aromatic carbocycles. The van der Waals surface area contributed by atoms with Crippen LogP contribution in [-0.2, 0) is 4.74 Å². The monoisotopic (exact) mass is 280 g/mol. The fourth-order valence-electron chi connectivity index (χ4n) is 2.45. The maximum atomic E-state index is 11.3. The molecule has 2 atom stereocenters. The van der Waals surface area contributed by atoms with Gasteiger partial charge in [-0.15, -0.1) is 0 Å². The van der Waals surface area contributed by atoms with Crippen LogP contribution < -0.4 is 4.90 Å². The van der Waals surface area contributed by atoms with Crippen molar-refractivity contribution in [2.24, 2.45) is 0 Å². The van der Waals surface area contributed by atoms with Crippen LogP contribution >= 0.6 is 0 Å². The summed E-state index contributed by atoms with van der Waals surface area (Å²) in [6.07, 6.45) is 3.30. The minimum atomic E-state index is -0.504. The third-order valence-corrected chi connectivity index (χ3v) is 3.30. The Balaban J connectivity index is 2.14. The third-order valence-electron chi connectivity index (χ3n) is 3.30. The zero-order chi connectivity index (χ0) is 14.7. The molecule has 0 saturated carbocycles. The highest BCUT2D eigenvalue weighted by molar-refractivity contribution is 5.86. The summed E-state index contributed by atoms with van der Waals surface area (Å²) in [6, 6.07) is 0.193. The molecule has 1 aliphatic rings. The summed E-state index contributed by atoms with van der Waals surface area (Å²) in [4.78, 5) is 23.7. The smallest absolute Gasteiger partial charge is 0.358 e. The number of aliphatic hydroxyl groups is 1. The molecule has 0 spiro atoms. The van der Waals surface area contributed by atoms with E-state index in [0.717, 1.165) is 6.54 Å². The number of nitrogens with zero attached hydrogens (tertiary/aromatic N) is 4. The number of carbonyl (C=O) groups is 1. The predicted octanol–water partition coefficient (Wildman–Crippen LogP) is -0.236. The van der Waals surface area contributed by atoms with Crippen molar-refractivity contribution in [3.8, 4) is 0 Å². The highest BCUT2D eigenvalue weighted by atomic mass is 16.5. The lowest BCUT2D eigenvalue weighted by molar-refractivity contribution is 0.0593. The topological polar surface area (TPSA) is 78.8 Å². The first-order valence-electron chi connectivity index (χ1n) is 6.51. The molecule has 7 heteroatoms. The van der Waals surface area contributed by atoms with Gasteiger partial charge in [-0.05, 0) is 20.5 Å². The number of aromatic nitrogens is 2. The van der Waals surface area contributed by atoms with Crippen molar-refractivity contribution in [1.29, 1.82) is 0 Å². The van der Waals surface area contributed by atoms with E-state index < -0.39 is 5.97 Å². The summed E-state index contributed by atoms with van der Waals surface area (Å²) in [6.45, 7) is 1.36. The second kappa shape index (κ2) is 6.15. The van der Waals surface area contributed by atoms with E-state index in [4.69, 9.17) is 0 Å². The average Bonchev–Trinajstić information content (AvgIpc) is 2.78. The maximum absolute atomic E-state index is 11.3. The standard InChI is InChI=1S/C13H20N4O3/c1-16(2)7-9-4-10(18)8-17(9)12-6-14-11(5-15-12)13(19)20-3/h5-6,9-10,18H,4,7-8H2,1-3H3. The summed E-state index contributed by atoms with van der Waals surface area (Å²) >= 11 is 0. The van der Waals surface area contributed by atoms with Crippen LogP contribution in [0.5, 0.6) is 0 Å². The van der Waals surface area contributed by atoms with E-state index >= 15 is 0 Å². The normalized spacial score (nSPS) is 22.4. The molecule has 0 amide bonds. The molecule has 1 aromatic heterocycles. The molecule has 1 aliphatic heterocycles. The first kappa shape index (κ1) is 14.7. The highest BCUT2D eigenvalue weighted by Crippen LogP contribution is 2.24. The molecular weight excluding hydrogens is 260 g/mol. The molecule has 0 bridgehead atoms. The van der Waals surface area contributed by atoms with Crippen LogP contribution in [0, 0.1) is 0 Å². The Kier molecular flexibility index (Phi) is 4.51. The number of hydrogen-bond acceptors (Lipinski definition) is 7. The van der Waals surface area contributed by atoms with Crippen molar-refractivity contribution < 1.29 is 14.6 Å². The lowest BCUT2D eigenvalue weighted by Gasteiger charge is -2.27. The summed E-state index contributed by atoms with van der Waals surface area (Å²) in [5.74, 6) is 0.163. The Morgan fingerprint density at radius 3 is 2.80 bits per heavy atom. The van der Waals surface area contributed by atoms with Crippen LogP contribution in [0.4, 0.5) is 5.82 Å². The minimum absolute atomic E-state index is 0.181. The number of esters is 1. The molecular formula is C13H20N4O3. The number of likely N-dealkylation sites (N-methyl/N-ethyl adjacent to an activating group) is 1. The van der Waals surface area contributed by atoms with Crippen LogP contribution in [0.15, 0.2) is 12.4 Å². The molecule has 0 aliphatic carbocycles. The molecule has 1 saturated heterocycles. The van der Waals surface area contributed by atoms with Gasteiger partial charge in [-0.3, -0.25) is 0 Å². The van der Waals surface area contributed by atoms with Crippen LogP contribution in [0.3, 0.4) is 0 Å². The van der Waals surface area contributed by atoms with Gasteiger partial charge in [0.05, 0.1) is 25.6 Å². The van der Waals surface area contributed by atoms with Crippen LogP contribution in [0.25, 0.3) is 0 Å².